The molecule has 94 valence electrons. The molecule has 0 N–H and O–H groups in total. The Morgan fingerprint density at radius 1 is 1.18 bits per heavy atom. The second-order valence-electron chi connectivity index (χ2n) is 3.69. The fraction of sp³-hybridized carbons (Fsp3) is 0.412. The second-order valence-corrected chi connectivity index (χ2v) is 3.69. The molecule has 0 aliphatic carbocycles. The Kier molecular flexibility index (Phi) is 9.14. The molecule has 1 rings (SSSR count). The van der Waals surface area contributed by atoms with Gasteiger partial charge < -0.3 is 0 Å². The lowest BCUT2D eigenvalue weighted by molar-refractivity contribution is 0.772. The largest absolute Gasteiger partial charge is 0.0988 e. The number of benzene rings is 1. The average molecular weight is 230 g/mol. The molecule has 0 saturated heterocycles. The number of hydrogen-bond donors (Lipinski definition) is 0. The van der Waals surface area contributed by atoms with Gasteiger partial charge in [-0.1, -0.05) is 76.8 Å². The number of allylic oxidation sites excluding steroid dienone is 3. The van der Waals surface area contributed by atoms with E-state index >= 15 is 0 Å². The minimum absolute atomic E-state index is 0.503. The first-order valence-corrected chi connectivity index (χ1v) is 6.70. The van der Waals surface area contributed by atoms with Gasteiger partial charge in [0.1, 0.15) is 0 Å². The normalized spacial score (nSPS) is 12.4. The van der Waals surface area contributed by atoms with Gasteiger partial charge >= 0.3 is 0 Å². The van der Waals surface area contributed by atoms with Gasteiger partial charge in [0.2, 0.25) is 0 Å². The van der Waals surface area contributed by atoms with Crippen molar-refractivity contribution in [3.8, 4) is 0 Å². The first-order valence-electron chi connectivity index (χ1n) is 6.70. The summed E-state index contributed by atoms with van der Waals surface area (Å²) in [5, 5.41) is 0. The van der Waals surface area contributed by atoms with Crippen molar-refractivity contribution in [2.24, 2.45) is 0 Å². The Labute approximate surface area is 107 Å². The standard InChI is InChI=1S/C15H20.C2H6/c1-4-10-13(5-2)15(6-3)14-11-8-7-9-12-14;1-2/h5,7-12,15H,2,4,6H2,1,3H3;1-2H3/b13-10+;. The molecule has 0 heterocycles. The average Bonchev–Trinajstić information content (AvgIpc) is 2.42. The first-order chi connectivity index (χ1) is 8.33. The third-order valence-electron chi connectivity index (χ3n) is 2.69. The van der Waals surface area contributed by atoms with E-state index in [1.807, 2.05) is 19.9 Å². The SMILES string of the molecule is C=C/C(=C\CC)C(CC)c1ccccc1.CC. The fourth-order valence-corrected chi connectivity index (χ4v) is 1.95. The molecule has 0 radical (unpaired) electrons. The highest BCUT2D eigenvalue weighted by Crippen LogP contribution is 2.28. The summed E-state index contributed by atoms with van der Waals surface area (Å²) in [6.07, 6.45) is 6.46. The molecule has 0 spiro atoms. The van der Waals surface area contributed by atoms with Crippen LogP contribution in [0.5, 0.6) is 0 Å². The van der Waals surface area contributed by atoms with Crippen LogP contribution in [0.25, 0.3) is 0 Å². The topological polar surface area (TPSA) is 0 Å². The van der Waals surface area contributed by atoms with Gasteiger partial charge in [0.25, 0.3) is 0 Å². The molecule has 0 heteroatoms. The lowest BCUT2D eigenvalue weighted by Crippen LogP contribution is -1.99. The van der Waals surface area contributed by atoms with Crippen LogP contribution in [0.1, 0.15) is 52.0 Å². The third kappa shape index (κ3) is 5.04. The minimum Gasteiger partial charge on any atom is -0.0988 e. The van der Waals surface area contributed by atoms with E-state index in [0.29, 0.717) is 5.92 Å². The van der Waals surface area contributed by atoms with E-state index in [9.17, 15) is 0 Å². The van der Waals surface area contributed by atoms with Gasteiger partial charge in [0, 0.05) is 5.92 Å². The lowest BCUT2D eigenvalue weighted by atomic mass is 9.88. The van der Waals surface area contributed by atoms with E-state index in [2.05, 4.69) is 56.8 Å². The number of hydrogen-bond acceptors (Lipinski definition) is 0. The summed E-state index contributed by atoms with van der Waals surface area (Å²) in [6.45, 7) is 12.3. The summed E-state index contributed by atoms with van der Waals surface area (Å²) in [4.78, 5) is 0. The van der Waals surface area contributed by atoms with E-state index < -0.39 is 0 Å². The zero-order valence-corrected chi connectivity index (χ0v) is 11.7. The molecule has 1 aromatic rings. The van der Waals surface area contributed by atoms with Crippen molar-refractivity contribution in [3.63, 3.8) is 0 Å². The molecule has 0 bridgehead atoms. The maximum Gasteiger partial charge on any atom is 0.00833 e. The van der Waals surface area contributed by atoms with Crippen molar-refractivity contribution in [2.45, 2.75) is 46.5 Å². The molecule has 0 aliphatic rings. The Balaban J connectivity index is 0.00000121. The van der Waals surface area contributed by atoms with Crippen LogP contribution in [0, 0.1) is 0 Å². The van der Waals surface area contributed by atoms with E-state index in [0.717, 1.165) is 12.8 Å². The predicted molar refractivity (Wildman–Crippen MR) is 79.4 cm³/mol. The Bertz CT molecular complexity index is 319. The highest BCUT2D eigenvalue weighted by molar-refractivity contribution is 5.33. The lowest BCUT2D eigenvalue weighted by Gasteiger charge is -2.16. The van der Waals surface area contributed by atoms with Gasteiger partial charge in [-0.2, -0.15) is 0 Å². The van der Waals surface area contributed by atoms with Crippen molar-refractivity contribution in [1.82, 2.24) is 0 Å². The molecule has 1 atom stereocenters. The van der Waals surface area contributed by atoms with E-state index in [-0.39, 0.29) is 0 Å². The molecular weight excluding hydrogens is 204 g/mol. The second kappa shape index (κ2) is 9.89. The van der Waals surface area contributed by atoms with Crippen LogP contribution in [0.15, 0.2) is 54.6 Å². The zero-order chi connectivity index (χ0) is 13.1. The van der Waals surface area contributed by atoms with Gasteiger partial charge in [-0.25, -0.2) is 0 Å². The van der Waals surface area contributed by atoms with Crippen LogP contribution < -0.4 is 0 Å². The van der Waals surface area contributed by atoms with Crippen LogP contribution in [-0.2, 0) is 0 Å². The van der Waals surface area contributed by atoms with Crippen molar-refractivity contribution in [2.75, 3.05) is 0 Å². The Morgan fingerprint density at radius 2 is 1.76 bits per heavy atom. The molecule has 0 amide bonds. The van der Waals surface area contributed by atoms with E-state index in [1.54, 1.807) is 0 Å². The fourth-order valence-electron chi connectivity index (χ4n) is 1.95. The summed E-state index contributed by atoms with van der Waals surface area (Å²) in [5.74, 6) is 0.503. The molecule has 0 aromatic heterocycles. The maximum absolute atomic E-state index is 3.91. The summed E-state index contributed by atoms with van der Waals surface area (Å²) < 4.78 is 0. The maximum atomic E-state index is 3.91. The minimum atomic E-state index is 0.503. The van der Waals surface area contributed by atoms with Crippen molar-refractivity contribution in [3.05, 3.63) is 60.2 Å². The van der Waals surface area contributed by atoms with Crippen LogP contribution in [-0.4, -0.2) is 0 Å². The van der Waals surface area contributed by atoms with Crippen molar-refractivity contribution >= 4 is 0 Å². The van der Waals surface area contributed by atoms with Crippen LogP contribution >= 0.6 is 0 Å². The van der Waals surface area contributed by atoms with Gasteiger partial charge in [-0.15, -0.1) is 0 Å². The van der Waals surface area contributed by atoms with Gasteiger partial charge in [0.15, 0.2) is 0 Å². The number of rotatable bonds is 5. The Hall–Kier alpha value is -1.30. The van der Waals surface area contributed by atoms with Crippen LogP contribution in [0.3, 0.4) is 0 Å². The van der Waals surface area contributed by atoms with Crippen molar-refractivity contribution < 1.29 is 0 Å². The van der Waals surface area contributed by atoms with Gasteiger partial charge in [0.05, 0.1) is 0 Å². The highest BCUT2D eigenvalue weighted by Gasteiger charge is 2.11. The Morgan fingerprint density at radius 3 is 2.18 bits per heavy atom. The van der Waals surface area contributed by atoms with Crippen LogP contribution in [0.4, 0.5) is 0 Å². The van der Waals surface area contributed by atoms with E-state index in [4.69, 9.17) is 0 Å². The zero-order valence-electron chi connectivity index (χ0n) is 11.7. The monoisotopic (exact) mass is 230 g/mol. The predicted octanol–water partition coefficient (Wildman–Crippen LogP) is 5.73. The highest BCUT2D eigenvalue weighted by atomic mass is 14.1. The molecule has 17 heavy (non-hydrogen) atoms. The first kappa shape index (κ1) is 15.7. The molecule has 0 saturated carbocycles. The molecule has 1 unspecified atom stereocenters. The third-order valence-corrected chi connectivity index (χ3v) is 2.69. The molecule has 0 aliphatic heterocycles. The van der Waals surface area contributed by atoms with E-state index in [1.165, 1.54) is 11.1 Å². The quantitative estimate of drug-likeness (QED) is 0.567. The molecular formula is C17H26. The molecule has 0 fully saturated rings. The summed E-state index contributed by atoms with van der Waals surface area (Å²) in [6, 6.07) is 10.7. The van der Waals surface area contributed by atoms with Gasteiger partial charge in [-0.05, 0) is 24.0 Å². The summed E-state index contributed by atoms with van der Waals surface area (Å²) in [7, 11) is 0. The summed E-state index contributed by atoms with van der Waals surface area (Å²) >= 11 is 0. The smallest absolute Gasteiger partial charge is 0.00833 e. The van der Waals surface area contributed by atoms with Crippen LogP contribution in [0.2, 0.25) is 0 Å². The van der Waals surface area contributed by atoms with Gasteiger partial charge in [-0.3, -0.25) is 0 Å². The summed E-state index contributed by atoms with van der Waals surface area (Å²) in [5.41, 5.74) is 2.74. The molecule has 0 nitrogen and oxygen atoms in total. The molecule has 1 aromatic carbocycles. The van der Waals surface area contributed by atoms with Crippen molar-refractivity contribution in [1.29, 1.82) is 0 Å².